The molecule has 0 spiro atoms. The van der Waals surface area contributed by atoms with Gasteiger partial charge >= 0.3 is 0 Å². The van der Waals surface area contributed by atoms with E-state index < -0.39 is 4.92 Å². The fourth-order valence-corrected chi connectivity index (χ4v) is 2.06. The van der Waals surface area contributed by atoms with Crippen LogP contribution < -0.4 is 0 Å². The lowest BCUT2D eigenvalue weighted by molar-refractivity contribution is -0.384. The molecule has 1 aromatic rings. The van der Waals surface area contributed by atoms with E-state index in [0.717, 1.165) is 12.0 Å². The molecular formula is C11H12N4O3. The van der Waals surface area contributed by atoms with Crippen LogP contribution in [-0.2, 0) is 4.74 Å². The van der Waals surface area contributed by atoms with Gasteiger partial charge in [0.25, 0.3) is 5.69 Å². The monoisotopic (exact) mass is 248 g/mol. The van der Waals surface area contributed by atoms with E-state index in [9.17, 15) is 10.1 Å². The number of hydrogen-bond acceptors (Lipinski definition) is 4. The number of benzene rings is 1. The Labute approximate surface area is 103 Å². The molecule has 0 bridgehead atoms. The third-order valence-electron chi connectivity index (χ3n) is 3.00. The van der Waals surface area contributed by atoms with Gasteiger partial charge in [0, 0.05) is 23.0 Å². The van der Waals surface area contributed by atoms with E-state index in [1.807, 2.05) is 0 Å². The Balaban J connectivity index is 2.00. The van der Waals surface area contributed by atoms with Crippen LogP contribution in [-0.4, -0.2) is 24.2 Å². The molecule has 7 nitrogen and oxygen atoms in total. The van der Waals surface area contributed by atoms with Gasteiger partial charge in [-0.2, -0.15) is 0 Å². The molecule has 2 rings (SSSR count). The molecule has 94 valence electrons. The third-order valence-corrected chi connectivity index (χ3v) is 3.00. The number of nitro benzene ring substituents is 1. The van der Waals surface area contributed by atoms with Gasteiger partial charge in [0.1, 0.15) is 0 Å². The lowest BCUT2D eigenvalue weighted by atomic mass is 9.96. The van der Waals surface area contributed by atoms with Crippen molar-refractivity contribution in [3.8, 4) is 0 Å². The summed E-state index contributed by atoms with van der Waals surface area (Å²) in [5.41, 5.74) is 9.34. The molecule has 7 heteroatoms. The largest absolute Gasteiger partial charge is 0.377 e. The van der Waals surface area contributed by atoms with Crippen LogP contribution in [0.5, 0.6) is 0 Å². The zero-order valence-electron chi connectivity index (χ0n) is 9.60. The molecule has 0 unspecified atom stereocenters. The van der Waals surface area contributed by atoms with Crippen molar-refractivity contribution < 1.29 is 9.66 Å². The van der Waals surface area contributed by atoms with E-state index >= 15 is 0 Å². The molecule has 1 aromatic carbocycles. The number of ether oxygens (including phenoxy) is 1. The smallest absolute Gasteiger partial charge is 0.269 e. The molecule has 0 aliphatic carbocycles. The van der Waals surface area contributed by atoms with Gasteiger partial charge in [0.2, 0.25) is 0 Å². The second kappa shape index (κ2) is 5.48. The standard InChI is InChI=1S/C11H12N4O3/c12-14-13-6-11-5-9(7-18-11)8-1-3-10(4-2-8)15(16)17/h1-4,9,11H,5-7H2/t9-,11+/m0/s1. The Morgan fingerprint density at radius 2 is 2.22 bits per heavy atom. The van der Waals surface area contributed by atoms with Crippen LogP contribution >= 0.6 is 0 Å². The average Bonchev–Trinajstić information content (AvgIpc) is 2.85. The fourth-order valence-electron chi connectivity index (χ4n) is 2.06. The highest BCUT2D eigenvalue weighted by Gasteiger charge is 2.26. The Bertz CT molecular complexity index is 482. The molecule has 0 N–H and O–H groups in total. The SMILES string of the molecule is [N-]=[N+]=NC[C@H]1C[C@H](c2ccc([N+](=O)[O-])cc2)CO1. The number of nitro groups is 1. The maximum atomic E-state index is 10.5. The first kappa shape index (κ1) is 12.3. The summed E-state index contributed by atoms with van der Waals surface area (Å²) in [6.07, 6.45) is 0.720. The second-order valence-corrected chi connectivity index (χ2v) is 4.15. The van der Waals surface area contributed by atoms with Gasteiger partial charge in [-0.1, -0.05) is 17.2 Å². The van der Waals surface area contributed by atoms with Crippen molar-refractivity contribution in [2.24, 2.45) is 5.11 Å². The van der Waals surface area contributed by atoms with Crippen LogP contribution in [0.25, 0.3) is 10.4 Å². The van der Waals surface area contributed by atoms with E-state index in [-0.39, 0.29) is 17.7 Å². The summed E-state index contributed by atoms with van der Waals surface area (Å²) in [6.45, 7) is 0.892. The van der Waals surface area contributed by atoms with E-state index in [1.54, 1.807) is 12.1 Å². The molecule has 0 amide bonds. The summed E-state index contributed by atoms with van der Waals surface area (Å²) < 4.78 is 5.50. The van der Waals surface area contributed by atoms with E-state index in [4.69, 9.17) is 10.3 Å². The number of nitrogens with zero attached hydrogens (tertiary/aromatic N) is 4. The molecular weight excluding hydrogens is 236 g/mol. The highest BCUT2D eigenvalue weighted by molar-refractivity contribution is 5.34. The number of non-ortho nitro benzene ring substituents is 1. The fraction of sp³-hybridized carbons (Fsp3) is 0.455. The van der Waals surface area contributed by atoms with Gasteiger partial charge in [-0.3, -0.25) is 10.1 Å². The van der Waals surface area contributed by atoms with Crippen LogP contribution in [0.3, 0.4) is 0 Å². The molecule has 1 fully saturated rings. The maximum Gasteiger partial charge on any atom is 0.269 e. The molecule has 1 heterocycles. The summed E-state index contributed by atoms with van der Waals surface area (Å²) in [4.78, 5) is 12.8. The molecule has 1 aliphatic heterocycles. The van der Waals surface area contributed by atoms with Crippen LogP contribution in [0.15, 0.2) is 29.4 Å². The maximum absolute atomic E-state index is 10.5. The molecule has 1 saturated heterocycles. The van der Waals surface area contributed by atoms with E-state index in [2.05, 4.69) is 10.0 Å². The Morgan fingerprint density at radius 1 is 1.50 bits per heavy atom. The van der Waals surface area contributed by atoms with Crippen molar-refractivity contribution in [2.75, 3.05) is 13.2 Å². The van der Waals surface area contributed by atoms with Crippen molar-refractivity contribution in [3.63, 3.8) is 0 Å². The number of rotatable bonds is 4. The first-order valence-electron chi connectivity index (χ1n) is 5.57. The summed E-state index contributed by atoms with van der Waals surface area (Å²) in [5.74, 6) is 0.213. The van der Waals surface area contributed by atoms with Crippen LogP contribution in [0.4, 0.5) is 5.69 Å². The van der Waals surface area contributed by atoms with E-state index in [1.165, 1.54) is 12.1 Å². The first-order chi connectivity index (χ1) is 8.70. The molecule has 0 saturated carbocycles. The summed E-state index contributed by atoms with van der Waals surface area (Å²) in [6, 6.07) is 6.50. The lowest BCUT2D eigenvalue weighted by Crippen LogP contribution is -2.08. The van der Waals surface area contributed by atoms with Crippen molar-refractivity contribution in [1.29, 1.82) is 0 Å². The zero-order valence-corrected chi connectivity index (χ0v) is 9.60. The molecule has 18 heavy (non-hydrogen) atoms. The predicted molar refractivity (Wildman–Crippen MR) is 64.2 cm³/mol. The molecule has 0 radical (unpaired) electrons. The number of azide groups is 1. The first-order valence-corrected chi connectivity index (χ1v) is 5.57. The molecule has 0 aromatic heterocycles. The lowest BCUT2D eigenvalue weighted by Gasteiger charge is -2.07. The van der Waals surface area contributed by atoms with Crippen LogP contribution in [0.1, 0.15) is 17.9 Å². The Morgan fingerprint density at radius 3 is 2.83 bits per heavy atom. The van der Waals surface area contributed by atoms with Gasteiger partial charge < -0.3 is 4.74 Å². The predicted octanol–water partition coefficient (Wildman–Crippen LogP) is 2.78. The minimum atomic E-state index is -0.417. The van der Waals surface area contributed by atoms with Gasteiger partial charge in [-0.25, -0.2) is 0 Å². The van der Waals surface area contributed by atoms with Crippen molar-refractivity contribution in [1.82, 2.24) is 0 Å². The summed E-state index contributed by atoms with van der Waals surface area (Å²) >= 11 is 0. The van der Waals surface area contributed by atoms with Gasteiger partial charge in [0.15, 0.2) is 0 Å². The number of hydrogen-bond donors (Lipinski definition) is 0. The van der Waals surface area contributed by atoms with Gasteiger partial charge in [0.05, 0.1) is 24.2 Å². The van der Waals surface area contributed by atoms with Gasteiger partial charge in [-0.15, -0.1) is 0 Å². The zero-order chi connectivity index (χ0) is 13.0. The highest BCUT2D eigenvalue weighted by Crippen LogP contribution is 2.30. The highest BCUT2D eigenvalue weighted by atomic mass is 16.6. The average molecular weight is 248 g/mol. The minimum absolute atomic E-state index is 0.0545. The Kier molecular flexibility index (Phi) is 3.76. The second-order valence-electron chi connectivity index (χ2n) is 4.15. The van der Waals surface area contributed by atoms with Crippen molar-refractivity contribution >= 4 is 5.69 Å². The summed E-state index contributed by atoms with van der Waals surface area (Å²) in [7, 11) is 0. The van der Waals surface area contributed by atoms with E-state index in [0.29, 0.717) is 13.2 Å². The van der Waals surface area contributed by atoms with Crippen molar-refractivity contribution in [2.45, 2.75) is 18.4 Å². The van der Waals surface area contributed by atoms with Crippen LogP contribution in [0, 0.1) is 10.1 Å². The third kappa shape index (κ3) is 2.77. The molecule has 2 atom stereocenters. The van der Waals surface area contributed by atoms with Crippen LogP contribution in [0.2, 0.25) is 0 Å². The normalized spacial score (nSPS) is 22.4. The van der Waals surface area contributed by atoms with Gasteiger partial charge in [-0.05, 0) is 17.5 Å². The van der Waals surface area contributed by atoms with Crippen molar-refractivity contribution in [3.05, 3.63) is 50.4 Å². The molecule has 1 aliphatic rings. The topological polar surface area (TPSA) is 101 Å². The minimum Gasteiger partial charge on any atom is -0.377 e. The quantitative estimate of drug-likeness (QED) is 0.269. The summed E-state index contributed by atoms with van der Waals surface area (Å²) in [5, 5.41) is 14.0. The Hall–Kier alpha value is -2.11.